The molecule has 0 aliphatic rings. The van der Waals surface area contributed by atoms with Crippen LogP contribution in [0.25, 0.3) is 10.2 Å². The highest BCUT2D eigenvalue weighted by Crippen LogP contribution is 2.31. The second-order valence-corrected chi connectivity index (χ2v) is 8.14. The fourth-order valence-electron chi connectivity index (χ4n) is 3.02. The van der Waals surface area contributed by atoms with E-state index < -0.39 is 0 Å². The van der Waals surface area contributed by atoms with Crippen LogP contribution in [0.5, 0.6) is 11.5 Å². The molecule has 1 aromatic heterocycles. The van der Waals surface area contributed by atoms with Crippen molar-refractivity contribution in [2.24, 2.45) is 4.99 Å². The average molecular weight is 417 g/mol. The molecule has 5 nitrogen and oxygen atoms in total. The lowest BCUT2D eigenvalue weighted by molar-refractivity contribution is 0.0994. The van der Waals surface area contributed by atoms with Gasteiger partial charge in [-0.05, 0) is 42.5 Å². The van der Waals surface area contributed by atoms with E-state index in [9.17, 15) is 4.79 Å². The number of thioether (sulfide) groups is 1. The van der Waals surface area contributed by atoms with Gasteiger partial charge in [-0.15, -0.1) is 0 Å². The molecule has 0 saturated heterocycles. The van der Waals surface area contributed by atoms with E-state index in [1.165, 1.54) is 12.7 Å². The van der Waals surface area contributed by atoms with Gasteiger partial charge in [0, 0.05) is 12.3 Å². The number of benzene rings is 2. The van der Waals surface area contributed by atoms with Gasteiger partial charge in [0.15, 0.2) is 16.3 Å². The molecule has 28 heavy (non-hydrogen) atoms. The normalized spacial score (nSPS) is 11.8. The average Bonchev–Trinajstić information content (AvgIpc) is 3.07. The molecule has 0 fully saturated rings. The number of rotatable bonds is 7. The van der Waals surface area contributed by atoms with Gasteiger partial charge >= 0.3 is 0 Å². The number of amides is 1. The fraction of sp³-hybridized carbons (Fsp3) is 0.333. The first kappa shape index (κ1) is 20.5. The van der Waals surface area contributed by atoms with E-state index in [2.05, 4.69) is 40.9 Å². The summed E-state index contributed by atoms with van der Waals surface area (Å²) in [5, 5.41) is 0. The number of fused-ring (bicyclic) bond motifs is 1. The van der Waals surface area contributed by atoms with Gasteiger partial charge in [-0.2, -0.15) is 16.8 Å². The minimum Gasteiger partial charge on any atom is -0.493 e. The molecule has 1 amide bonds. The summed E-state index contributed by atoms with van der Waals surface area (Å²) in [4.78, 5) is 18.1. The summed E-state index contributed by atoms with van der Waals surface area (Å²) < 4.78 is 14.0. The Bertz CT molecular complexity index is 1050. The third-order valence-corrected chi connectivity index (χ3v) is 6.14. The predicted octanol–water partition coefficient (Wildman–Crippen LogP) is 4.39. The Balaban J connectivity index is 2.14. The maximum Gasteiger partial charge on any atom is 0.283 e. The number of carbonyl (C=O) groups excluding carboxylic acids is 1. The zero-order valence-corrected chi connectivity index (χ0v) is 18.2. The van der Waals surface area contributed by atoms with Crippen LogP contribution in [0, 0.1) is 0 Å². The van der Waals surface area contributed by atoms with Crippen molar-refractivity contribution in [3.8, 4) is 11.5 Å². The lowest BCUT2D eigenvalue weighted by Crippen LogP contribution is -2.18. The first-order valence-corrected chi connectivity index (χ1v) is 11.2. The first-order chi connectivity index (χ1) is 13.6. The summed E-state index contributed by atoms with van der Waals surface area (Å²) >= 11 is 3.32. The number of hydrogen-bond acceptors (Lipinski definition) is 5. The molecule has 0 radical (unpaired) electrons. The van der Waals surface area contributed by atoms with Crippen molar-refractivity contribution in [2.75, 3.05) is 26.2 Å². The lowest BCUT2D eigenvalue weighted by Gasteiger charge is -2.10. The number of nitrogens with zero attached hydrogens (tertiary/aromatic N) is 2. The van der Waals surface area contributed by atoms with E-state index in [1.54, 1.807) is 48.4 Å². The van der Waals surface area contributed by atoms with Gasteiger partial charge in [-0.1, -0.05) is 30.4 Å². The van der Waals surface area contributed by atoms with Crippen molar-refractivity contribution >= 4 is 39.2 Å². The van der Waals surface area contributed by atoms with Crippen LogP contribution in [0.4, 0.5) is 0 Å². The number of aromatic nitrogens is 1. The minimum absolute atomic E-state index is 0.337. The first-order valence-electron chi connectivity index (χ1n) is 9.04. The highest BCUT2D eigenvalue weighted by Gasteiger charge is 2.17. The van der Waals surface area contributed by atoms with Crippen LogP contribution in [0.1, 0.15) is 22.8 Å². The van der Waals surface area contributed by atoms with Gasteiger partial charge in [0.25, 0.3) is 5.91 Å². The maximum atomic E-state index is 13.0. The molecule has 0 aliphatic carbocycles. The molecule has 0 bridgehead atoms. The molecule has 0 atom stereocenters. The smallest absolute Gasteiger partial charge is 0.283 e. The van der Waals surface area contributed by atoms with Crippen molar-refractivity contribution in [2.45, 2.75) is 19.9 Å². The third kappa shape index (κ3) is 4.10. The Morgan fingerprint density at radius 1 is 1.21 bits per heavy atom. The molecule has 148 valence electrons. The topological polar surface area (TPSA) is 52.8 Å². The van der Waals surface area contributed by atoms with Crippen molar-refractivity contribution in [3.63, 3.8) is 0 Å². The Kier molecular flexibility index (Phi) is 6.80. The van der Waals surface area contributed by atoms with E-state index in [-0.39, 0.29) is 5.91 Å². The Labute approximate surface area is 173 Å². The predicted molar refractivity (Wildman–Crippen MR) is 117 cm³/mol. The van der Waals surface area contributed by atoms with Gasteiger partial charge in [0.1, 0.15) is 0 Å². The zero-order valence-electron chi connectivity index (χ0n) is 16.5. The van der Waals surface area contributed by atoms with Gasteiger partial charge < -0.3 is 14.0 Å². The molecule has 0 aliphatic heterocycles. The molecular weight excluding hydrogens is 392 g/mol. The third-order valence-electron chi connectivity index (χ3n) is 4.50. The van der Waals surface area contributed by atoms with Gasteiger partial charge in [0.2, 0.25) is 0 Å². The summed E-state index contributed by atoms with van der Waals surface area (Å²) in [6.07, 6.45) is 3.05. The number of hydrogen-bond donors (Lipinski definition) is 0. The van der Waals surface area contributed by atoms with Gasteiger partial charge in [0.05, 0.1) is 30.0 Å². The van der Waals surface area contributed by atoms with Crippen molar-refractivity contribution in [1.29, 1.82) is 0 Å². The molecule has 0 N–H and O–H groups in total. The van der Waals surface area contributed by atoms with Crippen LogP contribution >= 0.6 is 23.1 Å². The molecule has 7 heteroatoms. The molecule has 0 spiro atoms. The zero-order chi connectivity index (χ0) is 20.1. The van der Waals surface area contributed by atoms with Crippen molar-refractivity contribution < 1.29 is 14.3 Å². The lowest BCUT2D eigenvalue weighted by atomic mass is 10.1. The molecule has 3 rings (SSSR count). The second-order valence-electron chi connectivity index (χ2n) is 6.14. The molecule has 3 aromatic rings. The molecule has 0 saturated carbocycles. The second kappa shape index (κ2) is 9.30. The maximum absolute atomic E-state index is 13.0. The molecule has 0 unspecified atom stereocenters. The summed E-state index contributed by atoms with van der Waals surface area (Å²) in [6, 6.07) is 11.7. The van der Waals surface area contributed by atoms with E-state index >= 15 is 0 Å². The van der Waals surface area contributed by atoms with Gasteiger partial charge in [-0.25, -0.2) is 0 Å². The van der Waals surface area contributed by atoms with E-state index in [0.29, 0.717) is 21.9 Å². The van der Waals surface area contributed by atoms with Crippen LogP contribution in [0.15, 0.2) is 41.4 Å². The number of aryl methyl sites for hydroxylation is 2. The van der Waals surface area contributed by atoms with Crippen LogP contribution in [-0.2, 0) is 13.0 Å². The standard InChI is InChI=1S/C21H24N2O3S2/c1-5-14-9-10-16-18(13-14)28-21(23(16)11-12-27-4)22-20(24)15-7-6-8-17(25-2)19(15)26-3/h6-10,13H,5,11-12H2,1-4H3. The Hall–Kier alpha value is -2.25. The number of methoxy groups -OCH3 is 2. The van der Waals surface area contributed by atoms with Crippen LogP contribution < -0.4 is 14.3 Å². The van der Waals surface area contributed by atoms with E-state index in [0.717, 1.165) is 28.9 Å². The van der Waals surface area contributed by atoms with Crippen LogP contribution in [0.3, 0.4) is 0 Å². The molecular formula is C21H24N2O3S2. The van der Waals surface area contributed by atoms with Crippen molar-refractivity contribution in [3.05, 3.63) is 52.3 Å². The Morgan fingerprint density at radius 2 is 2.04 bits per heavy atom. The highest BCUT2D eigenvalue weighted by atomic mass is 32.2. The number of ether oxygens (including phenoxy) is 2. The summed E-state index contributed by atoms with van der Waals surface area (Å²) in [7, 11) is 3.08. The monoisotopic (exact) mass is 416 g/mol. The molecule has 2 aromatic carbocycles. The largest absolute Gasteiger partial charge is 0.493 e. The fourth-order valence-corrected chi connectivity index (χ4v) is 4.51. The van der Waals surface area contributed by atoms with Crippen LogP contribution in [0.2, 0.25) is 0 Å². The van der Waals surface area contributed by atoms with E-state index in [4.69, 9.17) is 9.47 Å². The van der Waals surface area contributed by atoms with Crippen molar-refractivity contribution in [1.82, 2.24) is 4.57 Å². The minimum atomic E-state index is -0.337. The number of carbonyl (C=O) groups is 1. The molecule has 1 heterocycles. The SMILES string of the molecule is CCc1ccc2c(c1)sc(=NC(=O)c1cccc(OC)c1OC)n2CCSC. The summed E-state index contributed by atoms with van der Waals surface area (Å²) in [5.41, 5.74) is 2.78. The van der Waals surface area contributed by atoms with Gasteiger partial charge in [-0.3, -0.25) is 4.79 Å². The highest BCUT2D eigenvalue weighted by molar-refractivity contribution is 7.98. The number of para-hydroxylation sites is 1. The Morgan fingerprint density at radius 3 is 2.71 bits per heavy atom. The summed E-state index contributed by atoms with van der Waals surface area (Å²) in [5.74, 6) is 1.54. The quantitative estimate of drug-likeness (QED) is 0.573. The number of thiazole rings is 1. The summed E-state index contributed by atoms with van der Waals surface area (Å²) in [6.45, 7) is 2.94. The van der Waals surface area contributed by atoms with Crippen LogP contribution in [-0.4, -0.2) is 36.7 Å². The van der Waals surface area contributed by atoms with E-state index in [1.807, 2.05) is 0 Å².